The molecule has 0 radical (unpaired) electrons. The number of hydrogen-bond donors (Lipinski definition) is 3. The van der Waals surface area contributed by atoms with Gasteiger partial charge in [0, 0.05) is 17.9 Å². The van der Waals surface area contributed by atoms with Gasteiger partial charge in [-0.2, -0.15) is 22.9 Å². The first kappa shape index (κ1) is 22.2. The van der Waals surface area contributed by atoms with Crippen LogP contribution in [0.5, 0.6) is 0 Å². The smallest absolute Gasteiger partial charge is 0.205 e. The Morgan fingerprint density at radius 1 is 0.906 bits per heavy atom. The van der Waals surface area contributed by atoms with Gasteiger partial charge in [0.15, 0.2) is 5.82 Å². The molecule has 2 aromatic heterocycles. The predicted octanol–water partition coefficient (Wildman–Crippen LogP) is 5.08. The van der Waals surface area contributed by atoms with Gasteiger partial charge in [-0.1, -0.05) is 68.8 Å². The van der Waals surface area contributed by atoms with Gasteiger partial charge in [-0.3, -0.25) is 5.10 Å². The lowest BCUT2D eigenvalue weighted by Gasteiger charge is -2.13. The molecule has 0 bridgehead atoms. The van der Waals surface area contributed by atoms with Crippen LogP contribution >= 0.6 is 12.6 Å². The third kappa shape index (κ3) is 5.43. The van der Waals surface area contributed by atoms with Crippen LogP contribution in [-0.4, -0.2) is 41.6 Å². The fourth-order valence-electron chi connectivity index (χ4n) is 3.87. The Hall–Kier alpha value is -3.00. The Kier molecular flexibility index (Phi) is 7.32. The molecule has 4 aromatic rings. The zero-order valence-electron chi connectivity index (χ0n) is 18.5. The summed E-state index contributed by atoms with van der Waals surface area (Å²) in [7, 11) is 0. The lowest BCUT2D eigenvalue weighted by atomic mass is 9.95. The summed E-state index contributed by atoms with van der Waals surface area (Å²) in [5.74, 6) is 4.30. The SMILES string of the molecule is CC(C)CCC(CCS)c1n[nH]c(Cc2ccc(-c3ccccc3-c3nn[nH]n3)cc2)n1. The van der Waals surface area contributed by atoms with Crippen LogP contribution in [0.25, 0.3) is 22.5 Å². The van der Waals surface area contributed by atoms with Gasteiger partial charge in [-0.05, 0) is 46.4 Å². The van der Waals surface area contributed by atoms with E-state index < -0.39 is 0 Å². The Labute approximate surface area is 193 Å². The van der Waals surface area contributed by atoms with Gasteiger partial charge in [-0.25, -0.2) is 4.98 Å². The van der Waals surface area contributed by atoms with E-state index >= 15 is 0 Å². The first-order chi connectivity index (χ1) is 15.6. The summed E-state index contributed by atoms with van der Waals surface area (Å²) in [5.41, 5.74) is 4.31. The van der Waals surface area contributed by atoms with Crippen molar-refractivity contribution in [2.24, 2.45) is 5.92 Å². The van der Waals surface area contributed by atoms with Crippen LogP contribution < -0.4 is 0 Å². The van der Waals surface area contributed by atoms with Crippen LogP contribution in [0.2, 0.25) is 0 Å². The number of nitrogens with one attached hydrogen (secondary N) is 2. The van der Waals surface area contributed by atoms with Gasteiger partial charge < -0.3 is 0 Å². The lowest BCUT2D eigenvalue weighted by Crippen LogP contribution is -2.04. The van der Waals surface area contributed by atoms with Gasteiger partial charge in [0.25, 0.3) is 0 Å². The highest BCUT2D eigenvalue weighted by Crippen LogP contribution is 2.30. The number of hydrogen-bond acceptors (Lipinski definition) is 6. The highest BCUT2D eigenvalue weighted by atomic mass is 32.1. The zero-order valence-corrected chi connectivity index (χ0v) is 19.4. The summed E-state index contributed by atoms with van der Waals surface area (Å²) in [5, 5.41) is 22.1. The average molecular weight is 448 g/mol. The Balaban J connectivity index is 1.47. The van der Waals surface area contributed by atoms with E-state index in [1.807, 2.05) is 18.2 Å². The first-order valence-corrected chi connectivity index (χ1v) is 11.7. The molecule has 2 N–H and O–H groups in total. The minimum atomic E-state index is 0.365. The molecule has 0 aliphatic carbocycles. The second-order valence-corrected chi connectivity index (χ2v) is 8.92. The number of nitrogens with zero attached hydrogens (tertiary/aromatic N) is 5. The number of H-pyrrole nitrogens is 2. The van der Waals surface area contributed by atoms with Crippen molar-refractivity contribution in [3.8, 4) is 22.5 Å². The molecule has 2 heterocycles. The molecular weight excluding hydrogens is 418 g/mol. The summed E-state index contributed by atoms with van der Waals surface area (Å²) in [6.45, 7) is 4.51. The monoisotopic (exact) mass is 447 g/mol. The van der Waals surface area contributed by atoms with Crippen molar-refractivity contribution < 1.29 is 0 Å². The topological polar surface area (TPSA) is 96.0 Å². The highest BCUT2D eigenvalue weighted by Gasteiger charge is 2.17. The summed E-state index contributed by atoms with van der Waals surface area (Å²) in [4.78, 5) is 4.80. The number of tetrazole rings is 1. The molecular formula is C24H29N7S. The van der Waals surface area contributed by atoms with Crippen molar-refractivity contribution in [2.75, 3.05) is 5.75 Å². The molecule has 0 spiro atoms. The van der Waals surface area contributed by atoms with E-state index in [1.165, 1.54) is 12.0 Å². The Morgan fingerprint density at radius 2 is 1.69 bits per heavy atom. The number of benzene rings is 2. The Morgan fingerprint density at radius 3 is 2.38 bits per heavy atom. The molecule has 7 nitrogen and oxygen atoms in total. The highest BCUT2D eigenvalue weighted by molar-refractivity contribution is 7.80. The van der Waals surface area contributed by atoms with Crippen molar-refractivity contribution in [3.05, 3.63) is 65.7 Å². The molecule has 4 rings (SSSR count). The molecule has 0 aliphatic heterocycles. The number of rotatable bonds is 10. The van der Waals surface area contributed by atoms with E-state index in [0.717, 1.165) is 53.4 Å². The lowest BCUT2D eigenvalue weighted by molar-refractivity contribution is 0.481. The fraction of sp³-hybridized carbons (Fsp3) is 0.375. The molecule has 0 aliphatic rings. The molecule has 2 aromatic carbocycles. The predicted molar refractivity (Wildman–Crippen MR) is 130 cm³/mol. The minimum Gasteiger partial charge on any atom is -0.263 e. The van der Waals surface area contributed by atoms with Crippen molar-refractivity contribution in [3.63, 3.8) is 0 Å². The van der Waals surface area contributed by atoms with E-state index in [0.29, 0.717) is 17.7 Å². The summed E-state index contributed by atoms with van der Waals surface area (Å²) in [6, 6.07) is 16.6. The normalized spacial score (nSPS) is 12.4. The second kappa shape index (κ2) is 10.5. The molecule has 166 valence electrons. The Bertz CT molecular complexity index is 1100. The van der Waals surface area contributed by atoms with Crippen LogP contribution in [0.1, 0.15) is 56.2 Å². The molecule has 32 heavy (non-hydrogen) atoms. The fourth-order valence-corrected chi connectivity index (χ4v) is 4.18. The largest absolute Gasteiger partial charge is 0.263 e. The van der Waals surface area contributed by atoms with Gasteiger partial charge >= 0.3 is 0 Å². The van der Waals surface area contributed by atoms with E-state index in [1.54, 1.807) is 0 Å². The number of aromatic amines is 2. The van der Waals surface area contributed by atoms with E-state index in [4.69, 9.17) is 4.98 Å². The van der Waals surface area contributed by atoms with Crippen molar-refractivity contribution in [1.82, 2.24) is 35.8 Å². The second-order valence-electron chi connectivity index (χ2n) is 8.48. The van der Waals surface area contributed by atoms with Crippen molar-refractivity contribution in [1.29, 1.82) is 0 Å². The van der Waals surface area contributed by atoms with E-state index in [-0.39, 0.29) is 0 Å². The van der Waals surface area contributed by atoms with Crippen molar-refractivity contribution >= 4 is 12.6 Å². The number of aromatic nitrogens is 7. The van der Waals surface area contributed by atoms with E-state index in [9.17, 15) is 0 Å². The molecule has 1 atom stereocenters. The van der Waals surface area contributed by atoms with Crippen LogP contribution in [0.4, 0.5) is 0 Å². The standard InChI is InChI=1S/C24H29N7S/c1-16(2)7-10-19(13-14-32)23-25-22(26-27-23)15-17-8-11-18(12-9-17)20-5-3-4-6-21(20)24-28-30-31-29-24/h3-6,8-9,11-12,16,19,32H,7,10,13-15H2,1-2H3,(H,25,26,27)(H,28,29,30,31). The maximum absolute atomic E-state index is 4.80. The molecule has 0 fully saturated rings. The van der Waals surface area contributed by atoms with Crippen LogP contribution in [0.3, 0.4) is 0 Å². The third-order valence-corrected chi connectivity index (χ3v) is 5.89. The summed E-state index contributed by atoms with van der Waals surface area (Å²) in [6.07, 6.45) is 4.00. The van der Waals surface area contributed by atoms with Crippen molar-refractivity contribution in [2.45, 2.75) is 45.4 Å². The maximum atomic E-state index is 4.80. The third-order valence-electron chi connectivity index (χ3n) is 5.63. The van der Waals surface area contributed by atoms with E-state index in [2.05, 4.69) is 87.6 Å². The zero-order chi connectivity index (χ0) is 22.3. The molecule has 1 unspecified atom stereocenters. The summed E-state index contributed by atoms with van der Waals surface area (Å²) >= 11 is 4.43. The van der Waals surface area contributed by atoms with Gasteiger partial charge in [0.1, 0.15) is 5.82 Å². The molecule has 0 amide bonds. The van der Waals surface area contributed by atoms with Crippen LogP contribution in [0, 0.1) is 5.92 Å². The molecule has 0 saturated carbocycles. The van der Waals surface area contributed by atoms with Crippen LogP contribution in [0.15, 0.2) is 48.5 Å². The number of thiol groups is 1. The maximum Gasteiger partial charge on any atom is 0.205 e. The summed E-state index contributed by atoms with van der Waals surface area (Å²) < 4.78 is 0. The molecule has 8 heteroatoms. The van der Waals surface area contributed by atoms with Gasteiger partial charge in [0.05, 0.1) is 0 Å². The molecule has 0 saturated heterocycles. The quantitative estimate of drug-likeness (QED) is 0.295. The van der Waals surface area contributed by atoms with Gasteiger partial charge in [-0.15, -0.1) is 10.2 Å². The van der Waals surface area contributed by atoms with Crippen LogP contribution in [-0.2, 0) is 6.42 Å². The minimum absolute atomic E-state index is 0.365. The van der Waals surface area contributed by atoms with Gasteiger partial charge in [0.2, 0.25) is 5.82 Å². The first-order valence-electron chi connectivity index (χ1n) is 11.1. The average Bonchev–Trinajstić information content (AvgIpc) is 3.50.